The van der Waals surface area contributed by atoms with Crippen molar-refractivity contribution in [3.8, 4) is 0 Å². The highest BCUT2D eigenvalue weighted by molar-refractivity contribution is 7.86. The van der Waals surface area contributed by atoms with Crippen molar-refractivity contribution in [2.24, 2.45) is 0 Å². The van der Waals surface area contributed by atoms with Crippen molar-refractivity contribution in [1.29, 1.82) is 0 Å². The Balaban J connectivity index is 1.70. The van der Waals surface area contributed by atoms with Crippen LogP contribution in [0.15, 0.2) is 29.2 Å². The van der Waals surface area contributed by atoms with Crippen LogP contribution in [0.4, 0.5) is 0 Å². The number of rotatable bonds is 5. The maximum absolute atomic E-state index is 12.3. The van der Waals surface area contributed by atoms with Crippen molar-refractivity contribution in [3.63, 3.8) is 0 Å². The highest BCUT2D eigenvalue weighted by Gasteiger charge is 2.55. The zero-order valence-electron chi connectivity index (χ0n) is 15.1. The molecule has 0 radical (unpaired) electrons. The summed E-state index contributed by atoms with van der Waals surface area (Å²) in [5.74, 6) is -0.903. The van der Waals surface area contributed by atoms with E-state index < -0.39 is 46.6 Å². The molecule has 0 aliphatic carbocycles. The maximum atomic E-state index is 12.3. The molecule has 9 heteroatoms. The van der Waals surface area contributed by atoms with E-state index in [2.05, 4.69) is 0 Å². The normalized spacial score (nSPS) is 33.8. The lowest BCUT2D eigenvalue weighted by atomic mass is 9.99. The fourth-order valence-corrected chi connectivity index (χ4v) is 4.01. The highest BCUT2D eigenvalue weighted by atomic mass is 32.2. The first kappa shape index (κ1) is 19.7. The largest absolute Gasteiger partial charge is 0.387 e. The average molecular weight is 388 g/mol. The van der Waals surface area contributed by atoms with Gasteiger partial charge in [0.1, 0.15) is 24.4 Å². The van der Waals surface area contributed by atoms with Gasteiger partial charge < -0.3 is 24.1 Å². The van der Waals surface area contributed by atoms with Crippen molar-refractivity contribution in [2.75, 3.05) is 13.7 Å². The van der Waals surface area contributed by atoms with Crippen LogP contribution in [-0.4, -0.2) is 63.7 Å². The third-order valence-corrected chi connectivity index (χ3v) is 5.68. The molecule has 2 heterocycles. The SMILES string of the molecule is CO[C@H]1O[C@H](COS(=O)(=O)c2ccc(C)cc2)[C@@H](O)[C@@H]2OC(C)(C)O[C@H]12. The summed E-state index contributed by atoms with van der Waals surface area (Å²) >= 11 is 0. The minimum Gasteiger partial charge on any atom is -0.387 e. The van der Waals surface area contributed by atoms with Crippen molar-refractivity contribution in [1.82, 2.24) is 0 Å². The summed E-state index contributed by atoms with van der Waals surface area (Å²) in [5, 5.41) is 10.5. The molecular formula is C17H24O8S. The number of fused-ring (bicyclic) bond motifs is 1. The molecule has 3 rings (SSSR count). The van der Waals surface area contributed by atoms with Gasteiger partial charge in [-0.2, -0.15) is 8.42 Å². The van der Waals surface area contributed by atoms with Crippen molar-refractivity contribution in [2.45, 2.75) is 62.2 Å². The summed E-state index contributed by atoms with van der Waals surface area (Å²) in [6.07, 6.45) is -4.20. The zero-order chi connectivity index (χ0) is 19.1. The summed E-state index contributed by atoms with van der Waals surface area (Å²) in [6, 6.07) is 6.29. The molecule has 0 amide bonds. The van der Waals surface area contributed by atoms with Gasteiger partial charge in [0.2, 0.25) is 0 Å². The number of methoxy groups -OCH3 is 1. The molecule has 0 aromatic heterocycles. The number of hydrogen-bond acceptors (Lipinski definition) is 8. The second kappa shape index (κ2) is 7.16. The average Bonchev–Trinajstić information content (AvgIpc) is 2.90. The predicted molar refractivity (Wildman–Crippen MR) is 89.8 cm³/mol. The molecule has 8 nitrogen and oxygen atoms in total. The van der Waals surface area contributed by atoms with Crippen LogP contribution in [0.3, 0.4) is 0 Å². The molecule has 2 aliphatic heterocycles. The van der Waals surface area contributed by atoms with E-state index in [0.29, 0.717) is 0 Å². The number of aryl methyl sites for hydroxylation is 1. The summed E-state index contributed by atoms with van der Waals surface area (Å²) in [7, 11) is -2.53. The van der Waals surface area contributed by atoms with E-state index in [1.54, 1.807) is 26.0 Å². The predicted octanol–water partition coefficient (Wildman–Crippen LogP) is 0.953. The Kier molecular flexibility index (Phi) is 5.42. The number of aliphatic hydroxyl groups is 1. The Morgan fingerprint density at radius 2 is 1.77 bits per heavy atom. The second-order valence-electron chi connectivity index (χ2n) is 6.89. The molecule has 0 bridgehead atoms. The summed E-state index contributed by atoms with van der Waals surface area (Å²) in [4.78, 5) is 0.0381. The van der Waals surface area contributed by atoms with Crippen LogP contribution in [0.5, 0.6) is 0 Å². The molecule has 1 N–H and O–H groups in total. The van der Waals surface area contributed by atoms with Crippen LogP contribution >= 0.6 is 0 Å². The third kappa shape index (κ3) is 3.94. The lowest BCUT2D eigenvalue weighted by Gasteiger charge is -2.38. The van der Waals surface area contributed by atoms with Crippen LogP contribution in [0, 0.1) is 6.92 Å². The molecule has 2 fully saturated rings. The molecule has 0 spiro atoms. The zero-order valence-corrected chi connectivity index (χ0v) is 15.9. The van der Waals surface area contributed by atoms with Gasteiger partial charge in [-0.1, -0.05) is 17.7 Å². The van der Waals surface area contributed by atoms with Crippen LogP contribution in [0.1, 0.15) is 19.4 Å². The van der Waals surface area contributed by atoms with E-state index in [1.807, 2.05) is 6.92 Å². The van der Waals surface area contributed by atoms with Gasteiger partial charge in [0, 0.05) is 7.11 Å². The van der Waals surface area contributed by atoms with Gasteiger partial charge in [-0.15, -0.1) is 0 Å². The first-order chi connectivity index (χ1) is 12.1. The molecule has 0 unspecified atom stereocenters. The second-order valence-corrected chi connectivity index (χ2v) is 8.50. The van der Waals surface area contributed by atoms with E-state index in [9.17, 15) is 13.5 Å². The van der Waals surface area contributed by atoms with E-state index in [-0.39, 0.29) is 11.5 Å². The molecule has 26 heavy (non-hydrogen) atoms. The van der Waals surface area contributed by atoms with Gasteiger partial charge in [0.15, 0.2) is 12.1 Å². The van der Waals surface area contributed by atoms with Crippen molar-refractivity contribution >= 4 is 10.1 Å². The van der Waals surface area contributed by atoms with Gasteiger partial charge in [-0.25, -0.2) is 0 Å². The quantitative estimate of drug-likeness (QED) is 0.745. The first-order valence-electron chi connectivity index (χ1n) is 8.31. The molecule has 2 saturated heterocycles. The van der Waals surface area contributed by atoms with E-state index >= 15 is 0 Å². The molecule has 5 atom stereocenters. The topological polar surface area (TPSA) is 101 Å². The Bertz CT molecular complexity index is 730. The van der Waals surface area contributed by atoms with Gasteiger partial charge in [0.25, 0.3) is 10.1 Å². The molecule has 146 valence electrons. The lowest BCUT2D eigenvalue weighted by molar-refractivity contribution is -0.270. The number of benzene rings is 1. The number of aliphatic hydroxyl groups excluding tert-OH is 1. The number of hydrogen-bond donors (Lipinski definition) is 1. The summed E-state index contributed by atoms with van der Waals surface area (Å²) < 4.78 is 52.1. The molecule has 2 aliphatic rings. The van der Waals surface area contributed by atoms with E-state index in [1.165, 1.54) is 19.2 Å². The maximum Gasteiger partial charge on any atom is 0.297 e. The smallest absolute Gasteiger partial charge is 0.297 e. The lowest BCUT2D eigenvalue weighted by Crippen LogP contribution is -2.58. The molecule has 1 aromatic rings. The standard InChI is InChI=1S/C17H24O8S/c1-10-5-7-11(8-6-10)26(19,20)22-9-12-13(18)14-15(16(21-4)23-12)25-17(2,3)24-14/h5-8,12-16,18H,9H2,1-4H3/t12-,13-,14+,15+,16+/m1/s1. The summed E-state index contributed by atoms with van der Waals surface area (Å²) in [5.41, 5.74) is 0.935. The molecule has 0 saturated carbocycles. The molecular weight excluding hydrogens is 364 g/mol. The highest BCUT2D eigenvalue weighted by Crippen LogP contribution is 2.37. The minimum atomic E-state index is -3.97. The Labute approximate surface area is 153 Å². The minimum absolute atomic E-state index is 0.0381. The van der Waals surface area contributed by atoms with Crippen LogP contribution in [0.2, 0.25) is 0 Å². The third-order valence-electron chi connectivity index (χ3n) is 4.39. The fourth-order valence-electron chi connectivity index (χ4n) is 3.09. The summed E-state index contributed by atoms with van der Waals surface area (Å²) in [6.45, 7) is 4.93. The van der Waals surface area contributed by atoms with E-state index in [4.69, 9.17) is 23.1 Å². The monoisotopic (exact) mass is 388 g/mol. The van der Waals surface area contributed by atoms with Crippen LogP contribution < -0.4 is 0 Å². The van der Waals surface area contributed by atoms with Crippen LogP contribution in [-0.2, 0) is 33.2 Å². The fraction of sp³-hybridized carbons (Fsp3) is 0.647. The first-order valence-corrected chi connectivity index (χ1v) is 9.72. The van der Waals surface area contributed by atoms with Gasteiger partial charge in [-0.3, -0.25) is 4.18 Å². The Morgan fingerprint density at radius 1 is 1.15 bits per heavy atom. The van der Waals surface area contributed by atoms with Gasteiger partial charge >= 0.3 is 0 Å². The molecule has 1 aromatic carbocycles. The Hall–Kier alpha value is -1.07. The Morgan fingerprint density at radius 3 is 2.38 bits per heavy atom. The van der Waals surface area contributed by atoms with Gasteiger partial charge in [0.05, 0.1) is 11.5 Å². The van der Waals surface area contributed by atoms with Crippen molar-refractivity contribution in [3.05, 3.63) is 29.8 Å². The number of ether oxygens (including phenoxy) is 4. The van der Waals surface area contributed by atoms with Gasteiger partial charge in [-0.05, 0) is 32.9 Å². The van der Waals surface area contributed by atoms with E-state index in [0.717, 1.165) is 5.56 Å². The van der Waals surface area contributed by atoms with Crippen LogP contribution in [0.25, 0.3) is 0 Å². The van der Waals surface area contributed by atoms with Crippen molar-refractivity contribution < 1.29 is 36.7 Å².